The molecule has 0 saturated heterocycles. The maximum atomic E-state index is 10.3. The SMILES string of the molecule is CCCCC(O)[C@H](C)C[C@H](O)[C@@H](N)CC1CCCCC1. The second kappa shape index (κ2) is 9.75. The first-order valence-corrected chi connectivity index (χ1v) is 8.66. The van der Waals surface area contributed by atoms with Gasteiger partial charge in [-0.05, 0) is 31.1 Å². The van der Waals surface area contributed by atoms with Crippen LogP contribution in [0.25, 0.3) is 0 Å². The molecule has 4 atom stereocenters. The van der Waals surface area contributed by atoms with E-state index in [1.54, 1.807) is 0 Å². The Hall–Kier alpha value is -0.120. The van der Waals surface area contributed by atoms with Crippen LogP contribution in [0, 0.1) is 11.8 Å². The van der Waals surface area contributed by atoms with Gasteiger partial charge in [-0.2, -0.15) is 0 Å². The van der Waals surface area contributed by atoms with Gasteiger partial charge in [0.1, 0.15) is 0 Å². The molecule has 3 nitrogen and oxygen atoms in total. The zero-order chi connectivity index (χ0) is 15.0. The maximum absolute atomic E-state index is 10.3. The number of rotatable bonds is 9. The van der Waals surface area contributed by atoms with Crippen LogP contribution in [0.2, 0.25) is 0 Å². The first-order chi connectivity index (χ1) is 9.54. The van der Waals surface area contributed by atoms with Gasteiger partial charge in [-0.15, -0.1) is 0 Å². The molecule has 1 unspecified atom stereocenters. The molecule has 1 rings (SSSR count). The quantitative estimate of drug-likeness (QED) is 0.609. The Labute approximate surface area is 125 Å². The van der Waals surface area contributed by atoms with E-state index in [0.717, 1.165) is 25.7 Å². The molecule has 0 amide bonds. The fourth-order valence-corrected chi connectivity index (χ4v) is 3.38. The monoisotopic (exact) mass is 285 g/mol. The van der Waals surface area contributed by atoms with E-state index in [1.165, 1.54) is 32.1 Å². The lowest BCUT2D eigenvalue weighted by Gasteiger charge is -2.29. The highest BCUT2D eigenvalue weighted by atomic mass is 16.3. The molecule has 3 heteroatoms. The fraction of sp³-hybridized carbons (Fsp3) is 1.00. The molecule has 120 valence electrons. The van der Waals surface area contributed by atoms with E-state index in [2.05, 4.69) is 6.92 Å². The molecule has 20 heavy (non-hydrogen) atoms. The predicted molar refractivity (Wildman–Crippen MR) is 84.5 cm³/mol. The lowest BCUT2D eigenvalue weighted by Crippen LogP contribution is -2.39. The third-order valence-electron chi connectivity index (χ3n) is 4.95. The minimum absolute atomic E-state index is 0.126. The number of aliphatic hydroxyl groups excluding tert-OH is 2. The predicted octanol–water partition coefficient (Wildman–Crippen LogP) is 3.22. The largest absolute Gasteiger partial charge is 0.393 e. The van der Waals surface area contributed by atoms with Crippen LogP contribution in [0.15, 0.2) is 0 Å². The summed E-state index contributed by atoms with van der Waals surface area (Å²) in [7, 11) is 0. The summed E-state index contributed by atoms with van der Waals surface area (Å²) < 4.78 is 0. The Morgan fingerprint density at radius 3 is 2.35 bits per heavy atom. The van der Waals surface area contributed by atoms with Gasteiger partial charge in [-0.1, -0.05) is 58.8 Å². The molecule has 1 fully saturated rings. The second-order valence-corrected chi connectivity index (χ2v) is 6.89. The van der Waals surface area contributed by atoms with Gasteiger partial charge in [0, 0.05) is 6.04 Å². The van der Waals surface area contributed by atoms with Crippen molar-refractivity contribution in [2.24, 2.45) is 17.6 Å². The van der Waals surface area contributed by atoms with Crippen molar-refractivity contribution < 1.29 is 10.2 Å². The van der Waals surface area contributed by atoms with E-state index in [1.807, 2.05) is 6.92 Å². The average molecular weight is 285 g/mol. The van der Waals surface area contributed by atoms with Crippen LogP contribution >= 0.6 is 0 Å². The first-order valence-electron chi connectivity index (χ1n) is 8.66. The first kappa shape index (κ1) is 17.9. The smallest absolute Gasteiger partial charge is 0.0694 e. The van der Waals surface area contributed by atoms with E-state index < -0.39 is 6.10 Å². The Morgan fingerprint density at radius 1 is 1.10 bits per heavy atom. The van der Waals surface area contributed by atoms with Crippen LogP contribution in [-0.2, 0) is 0 Å². The van der Waals surface area contributed by atoms with Crippen molar-refractivity contribution in [1.82, 2.24) is 0 Å². The van der Waals surface area contributed by atoms with Gasteiger partial charge >= 0.3 is 0 Å². The Balaban J connectivity index is 2.26. The summed E-state index contributed by atoms with van der Waals surface area (Å²) in [4.78, 5) is 0. The van der Waals surface area contributed by atoms with Crippen LogP contribution in [-0.4, -0.2) is 28.5 Å². The van der Waals surface area contributed by atoms with Gasteiger partial charge in [0.25, 0.3) is 0 Å². The van der Waals surface area contributed by atoms with Gasteiger partial charge in [-0.3, -0.25) is 0 Å². The van der Waals surface area contributed by atoms with E-state index >= 15 is 0 Å². The average Bonchev–Trinajstić information content (AvgIpc) is 2.45. The minimum Gasteiger partial charge on any atom is -0.393 e. The van der Waals surface area contributed by atoms with Crippen molar-refractivity contribution in [3.8, 4) is 0 Å². The van der Waals surface area contributed by atoms with Crippen LogP contribution in [0.4, 0.5) is 0 Å². The normalized spacial score (nSPS) is 23.2. The summed E-state index contributed by atoms with van der Waals surface area (Å²) in [6.07, 6.45) is 10.3. The fourth-order valence-electron chi connectivity index (χ4n) is 3.38. The third kappa shape index (κ3) is 6.55. The maximum Gasteiger partial charge on any atom is 0.0694 e. The molecule has 0 aliphatic heterocycles. The molecule has 0 aromatic rings. The molecule has 1 saturated carbocycles. The van der Waals surface area contributed by atoms with Gasteiger partial charge in [-0.25, -0.2) is 0 Å². The van der Waals surface area contributed by atoms with Crippen LogP contribution in [0.5, 0.6) is 0 Å². The third-order valence-corrected chi connectivity index (χ3v) is 4.95. The summed E-state index contributed by atoms with van der Waals surface area (Å²) in [5.41, 5.74) is 6.16. The van der Waals surface area contributed by atoms with E-state index in [-0.39, 0.29) is 18.1 Å². The highest BCUT2D eigenvalue weighted by Crippen LogP contribution is 2.28. The van der Waals surface area contributed by atoms with E-state index in [0.29, 0.717) is 12.3 Å². The van der Waals surface area contributed by atoms with Crippen molar-refractivity contribution >= 4 is 0 Å². The summed E-state index contributed by atoms with van der Waals surface area (Å²) in [5.74, 6) is 0.836. The van der Waals surface area contributed by atoms with Crippen molar-refractivity contribution in [2.75, 3.05) is 0 Å². The van der Waals surface area contributed by atoms with Crippen molar-refractivity contribution in [2.45, 2.75) is 96.3 Å². The molecular weight excluding hydrogens is 250 g/mol. The van der Waals surface area contributed by atoms with Crippen molar-refractivity contribution in [1.29, 1.82) is 0 Å². The molecule has 0 aromatic heterocycles. The minimum atomic E-state index is -0.469. The number of unbranched alkanes of at least 4 members (excludes halogenated alkanes) is 1. The molecule has 1 aliphatic carbocycles. The second-order valence-electron chi connectivity index (χ2n) is 6.89. The van der Waals surface area contributed by atoms with Crippen LogP contribution in [0.1, 0.15) is 78.1 Å². The topological polar surface area (TPSA) is 66.5 Å². The van der Waals surface area contributed by atoms with Gasteiger partial charge < -0.3 is 15.9 Å². The highest BCUT2D eigenvalue weighted by molar-refractivity contribution is 4.80. The number of hydrogen-bond donors (Lipinski definition) is 3. The molecule has 0 bridgehead atoms. The van der Waals surface area contributed by atoms with Gasteiger partial charge in [0.2, 0.25) is 0 Å². The molecule has 0 heterocycles. The van der Waals surface area contributed by atoms with Crippen LogP contribution in [0.3, 0.4) is 0 Å². The molecule has 4 N–H and O–H groups in total. The summed E-state index contributed by atoms with van der Waals surface area (Å²) in [6.45, 7) is 4.16. The van der Waals surface area contributed by atoms with Crippen molar-refractivity contribution in [3.05, 3.63) is 0 Å². The summed E-state index contributed by atoms with van der Waals surface area (Å²) in [5, 5.41) is 20.3. The molecule has 0 aromatic carbocycles. The number of aliphatic hydroxyl groups is 2. The molecule has 1 aliphatic rings. The number of hydrogen-bond acceptors (Lipinski definition) is 3. The van der Waals surface area contributed by atoms with Gasteiger partial charge in [0.05, 0.1) is 12.2 Å². The Morgan fingerprint density at radius 2 is 1.75 bits per heavy atom. The zero-order valence-corrected chi connectivity index (χ0v) is 13.4. The molecule has 0 spiro atoms. The lowest BCUT2D eigenvalue weighted by molar-refractivity contribution is 0.0481. The Kier molecular flexibility index (Phi) is 8.74. The summed E-state index contributed by atoms with van der Waals surface area (Å²) >= 11 is 0. The van der Waals surface area contributed by atoms with Crippen LogP contribution < -0.4 is 5.73 Å². The lowest BCUT2D eigenvalue weighted by atomic mass is 9.82. The Bertz CT molecular complexity index is 241. The molecular formula is C17H35NO2. The zero-order valence-electron chi connectivity index (χ0n) is 13.4. The van der Waals surface area contributed by atoms with Crippen molar-refractivity contribution in [3.63, 3.8) is 0 Å². The van der Waals surface area contributed by atoms with E-state index in [4.69, 9.17) is 5.73 Å². The number of nitrogens with two attached hydrogens (primary N) is 1. The van der Waals surface area contributed by atoms with Gasteiger partial charge in [0.15, 0.2) is 0 Å². The standard InChI is InChI=1S/C17H35NO2/c1-3-4-10-16(19)13(2)11-17(20)15(18)12-14-8-6-5-7-9-14/h13-17,19-20H,3-12,18H2,1-2H3/t13-,15+,16?,17+/m1/s1. The highest BCUT2D eigenvalue weighted by Gasteiger charge is 2.25. The summed E-state index contributed by atoms with van der Waals surface area (Å²) in [6, 6.07) is -0.126. The molecule has 0 radical (unpaired) electrons. The van der Waals surface area contributed by atoms with E-state index in [9.17, 15) is 10.2 Å².